The zero-order valence-electron chi connectivity index (χ0n) is 12.6. The van der Waals surface area contributed by atoms with Crippen molar-refractivity contribution in [3.8, 4) is 0 Å². The van der Waals surface area contributed by atoms with Gasteiger partial charge in [-0.25, -0.2) is 8.42 Å². The van der Waals surface area contributed by atoms with E-state index in [0.29, 0.717) is 28.3 Å². The molecule has 2 N–H and O–H groups in total. The molecule has 0 radical (unpaired) electrons. The Morgan fingerprint density at radius 1 is 1.38 bits per heavy atom. The molecule has 1 rings (SSSR count). The molecule has 0 aromatic heterocycles. The number of nitrogens with two attached hydrogens (primary N) is 1. The Morgan fingerprint density at radius 2 is 1.95 bits per heavy atom. The molecule has 0 saturated carbocycles. The van der Waals surface area contributed by atoms with E-state index in [4.69, 9.17) is 17.3 Å². The molecule has 1 atom stereocenters. The largest absolute Gasteiger partial charge is 0.398 e. The molecule has 0 aliphatic carbocycles. The molecule has 0 spiro atoms. The first-order chi connectivity index (χ1) is 9.61. The normalized spacial score (nSPS) is 13.9. The average Bonchev–Trinajstić information content (AvgIpc) is 2.32. The quantitative estimate of drug-likeness (QED) is 0.748. The van der Waals surface area contributed by atoms with Crippen molar-refractivity contribution in [1.29, 1.82) is 0 Å². The van der Waals surface area contributed by atoms with Gasteiger partial charge in [-0.05, 0) is 49.1 Å². The number of hydrogen-bond donors (Lipinski definition) is 1. The van der Waals surface area contributed by atoms with Crippen molar-refractivity contribution < 1.29 is 8.42 Å². The van der Waals surface area contributed by atoms with Crippen molar-refractivity contribution >= 4 is 43.2 Å². The Morgan fingerprint density at radius 3 is 2.43 bits per heavy atom. The van der Waals surface area contributed by atoms with Gasteiger partial charge in [0.05, 0.1) is 9.37 Å². The molecule has 0 amide bonds. The summed E-state index contributed by atoms with van der Waals surface area (Å²) >= 11 is 9.20. The molecule has 0 bridgehead atoms. The lowest BCUT2D eigenvalue weighted by Crippen LogP contribution is -2.43. The van der Waals surface area contributed by atoms with Crippen LogP contribution in [0.25, 0.3) is 0 Å². The van der Waals surface area contributed by atoms with E-state index >= 15 is 0 Å². The number of sulfonamides is 1. The third-order valence-corrected chi connectivity index (χ3v) is 6.53. The summed E-state index contributed by atoms with van der Waals surface area (Å²) in [5, 5.41) is 0.297. The predicted molar refractivity (Wildman–Crippen MR) is 91.1 cm³/mol. The summed E-state index contributed by atoms with van der Waals surface area (Å²) in [5.74, 6) is 0. The van der Waals surface area contributed by atoms with Gasteiger partial charge in [0, 0.05) is 29.8 Å². The zero-order chi connectivity index (χ0) is 16.4. The van der Waals surface area contributed by atoms with Crippen LogP contribution >= 0.6 is 27.5 Å². The van der Waals surface area contributed by atoms with Crippen LogP contribution in [0.5, 0.6) is 0 Å². The maximum atomic E-state index is 12.9. The standard InChI is InChI=1S/C13H21BrClN3O2S/c1-5-18(9(2)8-17(3)4)21(19,20)12-7-10(15)6-11(16)13(12)14/h6-7,9H,5,8,16H2,1-4H3. The number of benzene rings is 1. The fourth-order valence-corrected chi connectivity index (χ4v) is 5.12. The molecule has 0 heterocycles. The van der Waals surface area contributed by atoms with Crippen LogP contribution in [-0.4, -0.2) is 50.8 Å². The third kappa shape index (κ3) is 4.32. The molecule has 0 aliphatic heterocycles. The second kappa shape index (κ2) is 7.28. The van der Waals surface area contributed by atoms with Gasteiger partial charge >= 0.3 is 0 Å². The maximum absolute atomic E-state index is 12.9. The molecular formula is C13H21BrClN3O2S. The Kier molecular flexibility index (Phi) is 6.49. The molecule has 1 aromatic carbocycles. The van der Waals surface area contributed by atoms with Crippen molar-refractivity contribution in [3.63, 3.8) is 0 Å². The van der Waals surface area contributed by atoms with E-state index in [1.807, 2.05) is 32.8 Å². The minimum atomic E-state index is -3.68. The second-order valence-corrected chi connectivity index (χ2v) is 8.22. The lowest BCUT2D eigenvalue weighted by Gasteiger charge is -2.29. The molecule has 21 heavy (non-hydrogen) atoms. The summed E-state index contributed by atoms with van der Waals surface area (Å²) in [6, 6.07) is 2.77. The lowest BCUT2D eigenvalue weighted by molar-refractivity contribution is 0.271. The van der Waals surface area contributed by atoms with E-state index in [1.165, 1.54) is 16.4 Å². The number of rotatable bonds is 6. The van der Waals surface area contributed by atoms with E-state index < -0.39 is 10.0 Å². The van der Waals surface area contributed by atoms with E-state index in [2.05, 4.69) is 15.9 Å². The van der Waals surface area contributed by atoms with Gasteiger partial charge in [0.2, 0.25) is 10.0 Å². The predicted octanol–water partition coefficient (Wildman–Crippen LogP) is 2.65. The summed E-state index contributed by atoms with van der Waals surface area (Å²) in [5.41, 5.74) is 6.10. The average molecular weight is 399 g/mol. The molecular weight excluding hydrogens is 378 g/mol. The Balaban J connectivity index is 3.32. The van der Waals surface area contributed by atoms with Gasteiger partial charge in [-0.2, -0.15) is 4.31 Å². The van der Waals surface area contributed by atoms with Crippen LogP contribution in [-0.2, 0) is 10.0 Å². The van der Waals surface area contributed by atoms with Gasteiger partial charge in [0.15, 0.2) is 0 Å². The molecule has 5 nitrogen and oxygen atoms in total. The summed E-state index contributed by atoms with van der Waals surface area (Å²) in [7, 11) is 0.138. The van der Waals surface area contributed by atoms with Crippen molar-refractivity contribution in [3.05, 3.63) is 21.6 Å². The number of anilines is 1. The molecule has 0 fully saturated rings. The van der Waals surface area contributed by atoms with E-state index in [0.717, 1.165) is 0 Å². The lowest BCUT2D eigenvalue weighted by atomic mass is 10.3. The molecule has 1 aromatic rings. The molecule has 0 aliphatic rings. The summed E-state index contributed by atoms with van der Waals surface area (Å²) in [6.45, 7) is 4.69. The smallest absolute Gasteiger partial charge is 0.244 e. The SMILES string of the molecule is CCN(C(C)CN(C)C)S(=O)(=O)c1cc(Cl)cc(N)c1Br. The highest BCUT2D eigenvalue weighted by atomic mass is 79.9. The zero-order valence-corrected chi connectivity index (χ0v) is 15.8. The van der Waals surface area contributed by atoms with Crippen LogP contribution in [0, 0.1) is 0 Å². The van der Waals surface area contributed by atoms with Crippen LogP contribution in [0.1, 0.15) is 13.8 Å². The fraction of sp³-hybridized carbons (Fsp3) is 0.538. The first-order valence-corrected chi connectivity index (χ1v) is 9.13. The molecule has 1 unspecified atom stereocenters. The number of halogens is 2. The van der Waals surface area contributed by atoms with Crippen LogP contribution < -0.4 is 5.73 Å². The summed E-state index contributed by atoms with van der Waals surface area (Å²) in [4.78, 5) is 2.05. The van der Waals surface area contributed by atoms with Crippen molar-refractivity contribution in [2.75, 3.05) is 32.9 Å². The second-order valence-electron chi connectivity index (χ2n) is 5.13. The molecule has 8 heteroatoms. The van der Waals surface area contributed by atoms with Crippen molar-refractivity contribution in [2.45, 2.75) is 24.8 Å². The molecule has 120 valence electrons. The molecule has 0 saturated heterocycles. The summed E-state index contributed by atoms with van der Waals surface area (Å²) < 4.78 is 27.5. The van der Waals surface area contributed by atoms with Gasteiger partial charge in [-0.1, -0.05) is 18.5 Å². The van der Waals surface area contributed by atoms with Gasteiger partial charge in [-0.15, -0.1) is 0 Å². The van der Waals surface area contributed by atoms with Crippen LogP contribution in [0.4, 0.5) is 5.69 Å². The number of nitrogens with zero attached hydrogens (tertiary/aromatic N) is 2. The van der Waals surface area contributed by atoms with Gasteiger partial charge < -0.3 is 10.6 Å². The Labute approximate surface area is 140 Å². The fourth-order valence-electron chi connectivity index (χ4n) is 2.24. The first-order valence-electron chi connectivity index (χ1n) is 6.52. The highest BCUT2D eigenvalue weighted by molar-refractivity contribution is 9.10. The van der Waals surface area contributed by atoms with E-state index in [-0.39, 0.29) is 10.9 Å². The Hall–Kier alpha value is -0.340. The van der Waals surface area contributed by atoms with Gasteiger partial charge in [0.1, 0.15) is 0 Å². The summed E-state index contributed by atoms with van der Waals surface area (Å²) in [6.07, 6.45) is 0. The van der Waals surface area contributed by atoms with E-state index in [9.17, 15) is 8.42 Å². The van der Waals surface area contributed by atoms with Crippen LogP contribution in [0.3, 0.4) is 0 Å². The topological polar surface area (TPSA) is 66.6 Å². The minimum absolute atomic E-state index is 0.0972. The number of hydrogen-bond acceptors (Lipinski definition) is 4. The van der Waals surface area contributed by atoms with Crippen molar-refractivity contribution in [2.24, 2.45) is 0 Å². The Bertz CT molecular complexity index is 608. The van der Waals surface area contributed by atoms with Crippen molar-refractivity contribution in [1.82, 2.24) is 9.21 Å². The van der Waals surface area contributed by atoms with Crippen LogP contribution in [0.15, 0.2) is 21.5 Å². The number of nitrogen functional groups attached to an aromatic ring is 1. The highest BCUT2D eigenvalue weighted by Gasteiger charge is 2.30. The number of likely N-dealkylation sites (N-methyl/N-ethyl adjacent to an activating group) is 2. The monoisotopic (exact) mass is 397 g/mol. The van der Waals surface area contributed by atoms with Gasteiger partial charge in [0.25, 0.3) is 0 Å². The van der Waals surface area contributed by atoms with E-state index in [1.54, 1.807) is 0 Å². The van der Waals surface area contributed by atoms with Crippen LogP contribution in [0.2, 0.25) is 5.02 Å². The maximum Gasteiger partial charge on any atom is 0.244 e. The third-order valence-electron chi connectivity index (χ3n) is 3.05. The first kappa shape index (κ1) is 18.7. The van der Waals surface area contributed by atoms with Gasteiger partial charge in [-0.3, -0.25) is 0 Å². The highest BCUT2D eigenvalue weighted by Crippen LogP contribution is 2.33. The minimum Gasteiger partial charge on any atom is -0.398 e.